The van der Waals surface area contributed by atoms with E-state index >= 15 is 0 Å². The van der Waals surface area contributed by atoms with Crippen molar-refractivity contribution in [3.05, 3.63) is 27.4 Å². The van der Waals surface area contributed by atoms with Crippen molar-refractivity contribution in [1.82, 2.24) is 14.5 Å². The van der Waals surface area contributed by atoms with Gasteiger partial charge in [0, 0.05) is 30.8 Å². The highest BCUT2D eigenvalue weighted by molar-refractivity contribution is 5.15. The van der Waals surface area contributed by atoms with Gasteiger partial charge in [0.1, 0.15) is 5.82 Å². The van der Waals surface area contributed by atoms with E-state index in [4.69, 9.17) is 0 Å². The van der Waals surface area contributed by atoms with Gasteiger partial charge < -0.3 is 4.90 Å². The highest BCUT2D eigenvalue weighted by Crippen LogP contribution is 2.01. The molecule has 90 valence electrons. The van der Waals surface area contributed by atoms with Crippen molar-refractivity contribution in [2.45, 2.75) is 33.7 Å². The van der Waals surface area contributed by atoms with Gasteiger partial charge in [-0.15, -0.1) is 0 Å². The molecule has 0 fully saturated rings. The van der Waals surface area contributed by atoms with E-state index in [-0.39, 0.29) is 5.56 Å². The maximum Gasteiger partial charge on any atom is 0.256 e. The maximum atomic E-state index is 12.1. The van der Waals surface area contributed by atoms with E-state index < -0.39 is 0 Å². The molecular weight excluding hydrogens is 202 g/mol. The van der Waals surface area contributed by atoms with Crippen LogP contribution in [-0.2, 0) is 13.0 Å². The second-order valence-corrected chi connectivity index (χ2v) is 4.35. The van der Waals surface area contributed by atoms with Crippen LogP contribution in [0, 0.1) is 13.8 Å². The summed E-state index contributed by atoms with van der Waals surface area (Å²) in [6.07, 6.45) is 0.795. The first-order chi connectivity index (χ1) is 7.47. The van der Waals surface area contributed by atoms with Crippen LogP contribution in [0.15, 0.2) is 4.79 Å². The first-order valence-electron chi connectivity index (χ1n) is 5.69. The molecule has 1 aromatic rings. The molecule has 0 aliphatic rings. The molecule has 0 aliphatic carbocycles. The summed E-state index contributed by atoms with van der Waals surface area (Å²) in [5.74, 6) is 0.884. The predicted octanol–water partition coefficient (Wildman–Crippen LogP) is 0.984. The minimum atomic E-state index is 0.103. The van der Waals surface area contributed by atoms with Crippen LogP contribution < -0.4 is 5.56 Å². The van der Waals surface area contributed by atoms with E-state index in [1.54, 1.807) is 4.57 Å². The number of hydrogen-bond acceptors (Lipinski definition) is 3. The monoisotopic (exact) mass is 223 g/mol. The van der Waals surface area contributed by atoms with Crippen molar-refractivity contribution < 1.29 is 0 Å². The van der Waals surface area contributed by atoms with Crippen molar-refractivity contribution >= 4 is 0 Å². The molecule has 0 aromatic carbocycles. The number of hydrogen-bond donors (Lipinski definition) is 0. The number of aryl methyl sites for hydroxylation is 2. The summed E-state index contributed by atoms with van der Waals surface area (Å²) in [4.78, 5) is 18.6. The lowest BCUT2D eigenvalue weighted by Crippen LogP contribution is -2.31. The second kappa shape index (κ2) is 5.25. The molecule has 0 N–H and O–H groups in total. The number of rotatable bonds is 4. The van der Waals surface area contributed by atoms with Gasteiger partial charge in [-0.05, 0) is 27.9 Å². The van der Waals surface area contributed by atoms with Crippen molar-refractivity contribution in [1.29, 1.82) is 0 Å². The molecule has 0 spiro atoms. The summed E-state index contributed by atoms with van der Waals surface area (Å²) in [7, 11) is 4.01. The van der Waals surface area contributed by atoms with E-state index in [1.807, 2.05) is 34.9 Å². The summed E-state index contributed by atoms with van der Waals surface area (Å²) in [6, 6.07) is 0. The van der Waals surface area contributed by atoms with Gasteiger partial charge in [0.25, 0.3) is 5.56 Å². The third kappa shape index (κ3) is 2.70. The molecule has 1 aromatic heterocycles. The molecule has 4 nitrogen and oxygen atoms in total. The molecule has 4 heteroatoms. The van der Waals surface area contributed by atoms with Crippen LogP contribution in [0.5, 0.6) is 0 Å². The van der Waals surface area contributed by atoms with Crippen molar-refractivity contribution in [3.8, 4) is 0 Å². The SMILES string of the molecule is CCc1nc(C)c(C)c(=O)n1CCN(C)C. The van der Waals surface area contributed by atoms with E-state index in [2.05, 4.69) is 9.88 Å². The molecule has 0 bridgehead atoms. The second-order valence-electron chi connectivity index (χ2n) is 4.35. The van der Waals surface area contributed by atoms with Crippen molar-refractivity contribution in [2.24, 2.45) is 0 Å². The molecule has 16 heavy (non-hydrogen) atoms. The molecule has 1 heterocycles. The van der Waals surface area contributed by atoms with E-state index in [0.717, 1.165) is 30.0 Å². The van der Waals surface area contributed by atoms with E-state index in [9.17, 15) is 4.79 Å². The summed E-state index contributed by atoms with van der Waals surface area (Å²) in [5.41, 5.74) is 1.71. The van der Waals surface area contributed by atoms with Gasteiger partial charge in [0.15, 0.2) is 0 Å². The molecular formula is C12H21N3O. The van der Waals surface area contributed by atoms with Crippen LogP contribution in [0.3, 0.4) is 0 Å². The Hall–Kier alpha value is -1.16. The topological polar surface area (TPSA) is 38.1 Å². The normalized spacial score (nSPS) is 11.1. The summed E-state index contributed by atoms with van der Waals surface area (Å²) < 4.78 is 1.79. The highest BCUT2D eigenvalue weighted by atomic mass is 16.1. The first kappa shape index (κ1) is 12.9. The molecule has 0 atom stereocenters. The smallest absolute Gasteiger partial charge is 0.256 e. The predicted molar refractivity (Wildman–Crippen MR) is 65.9 cm³/mol. The van der Waals surface area contributed by atoms with Crippen LogP contribution in [0.2, 0.25) is 0 Å². The quantitative estimate of drug-likeness (QED) is 0.764. The maximum absolute atomic E-state index is 12.1. The summed E-state index contributed by atoms with van der Waals surface area (Å²) in [5, 5.41) is 0. The Kier molecular flexibility index (Phi) is 4.24. The van der Waals surface area contributed by atoms with E-state index in [0.29, 0.717) is 6.54 Å². The zero-order chi connectivity index (χ0) is 12.3. The average molecular weight is 223 g/mol. The average Bonchev–Trinajstić information content (AvgIpc) is 2.23. The summed E-state index contributed by atoms with van der Waals surface area (Å²) >= 11 is 0. The number of nitrogens with zero attached hydrogens (tertiary/aromatic N) is 3. The van der Waals surface area contributed by atoms with E-state index in [1.165, 1.54) is 0 Å². The molecule has 0 saturated heterocycles. The Bertz CT molecular complexity index is 421. The minimum absolute atomic E-state index is 0.103. The lowest BCUT2D eigenvalue weighted by molar-refractivity contribution is 0.375. The number of likely N-dealkylation sites (N-methyl/N-ethyl adjacent to an activating group) is 1. The Morgan fingerprint density at radius 2 is 1.94 bits per heavy atom. The van der Waals surface area contributed by atoms with Crippen LogP contribution in [0.4, 0.5) is 0 Å². The van der Waals surface area contributed by atoms with Gasteiger partial charge in [0.05, 0.1) is 0 Å². The fourth-order valence-corrected chi connectivity index (χ4v) is 1.61. The Labute approximate surface area is 96.9 Å². The third-order valence-electron chi connectivity index (χ3n) is 2.80. The Morgan fingerprint density at radius 1 is 1.31 bits per heavy atom. The molecule has 1 rings (SSSR count). The van der Waals surface area contributed by atoms with Gasteiger partial charge in [-0.3, -0.25) is 9.36 Å². The zero-order valence-corrected chi connectivity index (χ0v) is 10.9. The molecule has 0 amide bonds. The lowest BCUT2D eigenvalue weighted by atomic mass is 10.2. The standard InChI is InChI=1S/C12H21N3O/c1-6-11-13-10(3)9(2)12(16)15(11)8-7-14(4)5/h6-8H2,1-5H3. The third-order valence-corrected chi connectivity index (χ3v) is 2.80. The summed E-state index contributed by atoms with van der Waals surface area (Å²) in [6.45, 7) is 7.34. The molecule has 0 radical (unpaired) electrons. The van der Waals surface area contributed by atoms with Crippen LogP contribution in [0.25, 0.3) is 0 Å². The van der Waals surface area contributed by atoms with Gasteiger partial charge >= 0.3 is 0 Å². The highest BCUT2D eigenvalue weighted by Gasteiger charge is 2.09. The Morgan fingerprint density at radius 3 is 2.44 bits per heavy atom. The van der Waals surface area contributed by atoms with Crippen LogP contribution in [0.1, 0.15) is 24.0 Å². The van der Waals surface area contributed by atoms with Crippen LogP contribution >= 0.6 is 0 Å². The lowest BCUT2D eigenvalue weighted by Gasteiger charge is -2.15. The van der Waals surface area contributed by atoms with Crippen LogP contribution in [-0.4, -0.2) is 35.1 Å². The minimum Gasteiger partial charge on any atom is -0.308 e. The van der Waals surface area contributed by atoms with Gasteiger partial charge in [-0.25, -0.2) is 4.98 Å². The molecule has 0 aliphatic heterocycles. The number of aromatic nitrogens is 2. The zero-order valence-electron chi connectivity index (χ0n) is 10.9. The van der Waals surface area contributed by atoms with Gasteiger partial charge in [-0.1, -0.05) is 6.92 Å². The fourth-order valence-electron chi connectivity index (χ4n) is 1.61. The van der Waals surface area contributed by atoms with Gasteiger partial charge in [-0.2, -0.15) is 0 Å². The molecule has 0 unspecified atom stereocenters. The van der Waals surface area contributed by atoms with Gasteiger partial charge in [0.2, 0.25) is 0 Å². The first-order valence-corrected chi connectivity index (χ1v) is 5.69. The Balaban J connectivity index is 3.15. The largest absolute Gasteiger partial charge is 0.308 e. The fraction of sp³-hybridized carbons (Fsp3) is 0.667. The van der Waals surface area contributed by atoms with Crippen molar-refractivity contribution in [2.75, 3.05) is 20.6 Å². The van der Waals surface area contributed by atoms with Crippen molar-refractivity contribution in [3.63, 3.8) is 0 Å². The molecule has 0 saturated carbocycles.